The smallest absolute Gasteiger partial charge is 0.295 e. The van der Waals surface area contributed by atoms with Crippen molar-refractivity contribution in [2.24, 2.45) is 0 Å². The van der Waals surface area contributed by atoms with Gasteiger partial charge in [0.2, 0.25) is 0 Å². The quantitative estimate of drug-likeness (QED) is 0.264. The van der Waals surface area contributed by atoms with Gasteiger partial charge < -0.3 is 24.4 Å². The number of aliphatic hydroxyl groups is 1. The molecule has 7 heteroatoms. The van der Waals surface area contributed by atoms with Gasteiger partial charge in [-0.15, -0.1) is 0 Å². The molecule has 3 aromatic carbocycles. The average Bonchev–Trinajstić information content (AvgIpc) is 3.13. The molecule has 0 bridgehead atoms. The first-order valence-electron chi connectivity index (χ1n) is 12.2. The van der Waals surface area contributed by atoms with Crippen LogP contribution in [-0.4, -0.2) is 49.5 Å². The number of likely N-dealkylation sites (tertiary alicyclic amines) is 1. The van der Waals surface area contributed by atoms with Crippen molar-refractivity contribution in [2.45, 2.75) is 26.4 Å². The molecule has 0 radical (unpaired) electrons. The van der Waals surface area contributed by atoms with Crippen LogP contribution in [0.4, 0.5) is 5.69 Å². The van der Waals surface area contributed by atoms with E-state index in [1.807, 2.05) is 87.4 Å². The number of nitrogens with zero attached hydrogens (tertiary/aromatic N) is 2. The van der Waals surface area contributed by atoms with E-state index in [4.69, 9.17) is 9.47 Å². The topological polar surface area (TPSA) is 79.3 Å². The molecule has 4 rings (SSSR count). The number of ether oxygens (including phenoxy) is 2. The first kappa shape index (κ1) is 25.8. The highest BCUT2D eigenvalue weighted by Crippen LogP contribution is 2.42. The molecule has 3 aromatic rings. The van der Waals surface area contributed by atoms with E-state index in [9.17, 15) is 14.7 Å². The van der Waals surface area contributed by atoms with Gasteiger partial charge in [0.25, 0.3) is 11.7 Å². The van der Waals surface area contributed by atoms with Crippen LogP contribution in [0.1, 0.15) is 35.2 Å². The highest BCUT2D eigenvalue weighted by Gasteiger charge is 2.46. The van der Waals surface area contributed by atoms with Crippen LogP contribution in [0.3, 0.4) is 0 Å². The summed E-state index contributed by atoms with van der Waals surface area (Å²) in [5.41, 5.74) is 3.80. The zero-order valence-electron chi connectivity index (χ0n) is 21.8. The molecule has 1 atom stereocenters. The highest BCUT2D eigenvalue weighted by molar-refractivity contribution is 6.46. The molecule has 1 aliphatic heterocycles. The molecular formula is C30H32N2O5. The van der Waals surface area contributed by atoms with Crippen LogP contribution in [0.5, 0.6) is 11.5 Å². The number of hydrogen-bond acceptors (Lipinski definition) is 6. The number of methoxy groups -OCH3 is 1. The molecule has 1 saturated heterocycles. The van der Waals surface area contributed by atoms with Crippen molar-refractivity contribution in [3.05, 3.63) is 94.6 Å². The van der Waals surface area contributed by atoms with Gasteiger partial charge in [-0.1, -0.05) is 35.9 Å². The molecule has 37 heavy (non-hydrogen) atoms. The molecule has 1 unspecified atom stereocenters. The standard InChI is InChI=1S/C30H32N2O5/c1-6-37-23-9-7-8-20(17-23)18-32-27(21-11-13-22(14-12-21)31(3)4)26(29(34)30(32)35)28(33)24-16-19(2)10-15-25(24)36-5/h7-17,27,33H,6,18H2,1-5H3/b28-26+. The van der Waals surface area contributed by atoms with Crippen LogP contribution in [0, 0.1) is 6.92 Å². The maximum Gasteiger partial charge on any atom is 0.295 e. The summed E-state index contributed by atoms with van der Waals surface area (Å²) in [4.78, 5) is 30.3. The number of anilines is 1. The Bertz CT molecular complexity index is 1340. The van der Waals surface area contributed by atoms with Crippen molar-refractivity contribution < 1.29 is 24.2 Å². The lowest BCUT2D eigenvalue weighted by Crippen LogP contribution is -2.29. The summed E-state index contributed by atoms with van der Waals surface area (Å²) < 4.78 is 11.1. The predicted molar refractivity (Wildman–Crippen MR) is 144 cm³/mol. The maximum atomic E-state index is 13.5. The number of benzene rings is 3. The van der Waals surface area contributed by atoms with Gasteiger partial charge in [0.1, 0.15) is 17.3 Å². The van der Waals surface area contributed by atoms with Crippen LogP contribution in [-0.2, 0) is 16.1 Å². The number of aryl methyl sites for hydroxylation is 1. The molecule has 192 valence electrons. The lowest BCUT2D eigenvalue weighted by Gasteiger charge is -2.26. The van der Waals surface area contributed by atoms with Gasteiger partial charge >= 0.3 is 0 Å². The minimum absolute atomic E-state index is 0.0347. The lowest BCUT2D eigenvalue weighted by atomic mass is 9.94. The van der Waals surface area contributed by atoms with Crippen LogP contribution in [0.2, 0.25) is 0 Å². The fourth-order valence-corrected chi connectivity index (χ4v) is 4.59. The Morgan fingerprint density at radius 3 is 2.41 bits per heavy atom. The first-order valence-corrected chi connectivity index (χ1v) is 12.2. The van der Waals surface area contributed by atoms with Gasteiger partial charge in [0, 0.05) is 26.3 Å². The third-order valence-corrected chi connectivity index (χ3v) is 6.44. The van der Waals surface area contributed by atoms with Crippen LogP contribution < -0.4 is 14.4 Å². The van der Waals surface area contributed by atoms with Crippen molar-refractivity contribution in [2.75, 3.05) is 32.7 Å². The monoisotopic (exact) mass is 500 g/mol. The van der Waals surface area contributed by atoms with Crippen molar-refractivity contribution in [1.29, 1.82) is 0 Å². The number of amides is 1. The predicted octanol–water partition coefficient (Wildman–Crippen LogP) is 5.09. The minimum atomic E-state index is -0.780. The van der Waals surface area contributed by atoms with Crippen LogP contribution >= 0.6 is 0 Å². The maximum absolute atomic E-state index is 13.5. The summed E-state index contributed by atoms with van der Waals surface area (Å²) >= 11 is 0. The summed E-state index contributed by atoms with van der Waals surface area (Å²) in [6.07, 6.45) is 0. The summed E-state index contributed by atoms with van der Waals surface area (Å²) in [5, 5.41) is 11.5. The second kappa shape index (κ2) is 10.8. The Labute approximate surface area is 217 Å². The molecule has 0 aromatic heterocycles. The van der Waals surface area contributed by atoms with E-state index in [2.05, 4.69) is 0 Å². The van der Waals surface area contributed by atoms with E-state index in [1.54, 1.807) is 12.1 Å². The molecule has 1 heterocycles. The van der Waals surface area contributed by atoms with Crippen LogP contribution in [0.15, 0.2) is 72.3 Å². The Kier molecular flexibility index (Phi) is 7.53. The second-order valence-electron chi connectivity index (χ2n) is 9.20. The normalized spacial score (nSPS) is 16.7. The zero-order chi connectivity index (χ0) is 26.7. The van der Waals surface area contributed by atoms with Crippen molar-refractivity contribution >= 4 is 23.1 Å². The van der Waals surface area contributed by atoms with Gasteiger partial charge in [-0.2, -0.15) is 0 Å². The summed E-state index contributed by atoms with van der Waals surface area (Å²) in [6.45, 7) is 4.48. The fraction of sp³-hybridized carbons (Fsp3) is 0.267. The van der Waals surface area contributed by atoms with E-state index < -0.39 is 17.7 Å². The Hall–Kier alpha value is -4.26. The third-order valence-electron chi connectivity index (χ3n) is 6.44. The van der Waals surface area contributed by atoms with E-state index in [-0.39, 0.29) is 17.9 Å². The highest BCUT2D eigenvalue weighted by atomic mass is 16.5. The second-order valence-corrected chi connectivity index (χ2v) is 9.20. The molecule has 1 N–H and O–H groups in total. The molecule has 7 nitrogen and oxygen atoms in total. The Morgan fingerprint density at radius 2 is 1.76 bits per heavy atom. The van der Waals surface area contributed by atoms with Gasteiger partial charge in [0.05, 0.1) is 30.9 Å². The van der Waals surface area contributed by atoms with E-state index in [1.165, 1.54) is 12.0 Å². The number of aliphatic hydroxyl groups excluding tert-OH is 1. The molecular weight excluding hydrogens is 468 g/mol. The first-order chi connectivity index (χ1) is 17.7. The molecule has 0 spiro atoms. The van der Waals surface area contributed by atoms with E-state index in [0.717, 1.165) is 22.4 Å². The molecule has 1 aliphatic rings. The van der Waals surface area contributed by atoms with Crippen molar-refractivity contribution in [1.82, 2.24) is 4.90 Å². The van der Waals surface area contributed by atoms with E-state index >= 15 is 0 Å². The summed E-state index contributed by atoms with van der Waals surface area (Å²) in [5.74, 6) is -0.556. The molecule has 1 amide bonds. The Balaban J connectivity index is 1.87. The third kappa shape index (κ3) is 5.16. The van der Waals surface area contributed by atoms with Gasteiger partial charge in [-0.3, -0.25) is 9.59 Å². The molecule has 1 fully saturated rings. The van der Waals surface area contributed by atoms with E-state index in [0.29, 0.717) is 23.7 Å². The summed E-state index contributed by atoms with van der Waals surface area (Å²) in [6, 6.07) is 19.6. The minimum Gasteiger partial charge on any atom is -0.507 e. The number of ketones is 1. The largest absolute Gasteiger partial charge is 0.507 e. The summed E-state index contributed by atoms with van der Waals surface area (Å²) in [7, 11) is 5.38. The van der Waals surface area contributed by atoms with Crippen molar-refractivity contribution in [3.63, 3.8) is 0 Å². The number of hydrogen-bond donors (Lipinski definition) is 1. The number of carbonyl (C=O) groups is 2. The number of Topliss-reactive ketones (excluding diaryl/α,β-unsaturated/α-hetero) is 1. The molecule has 0 saturated carbocycles. The molecule has 0 aliphatic carbocycles. The zero-order valence-corrected chi connectivity index (χ0v) is 21.8. The van der Waals surface area contributed by atoms with Crippen molar-refractivity contribution in [3.8, 4) is 11.5 Å². The Morgan fingerprint density at radius 1 is 1.03 bits per heavy atom. The van der Waals surface area contributed by atoms with Gasteiger partial charge in [0.15, 0.2) is 0 Å². The number of rotatable bonds is 8. The SMILES string of the molecule is CCOc1cccc(CN2C(=O)C(=O)/C(=C(/O)c3cc(C)ccc3OC)C2c2ccc(N(C)C)cc2)c1. The fourth-order valence-electron chi connectivity index (χ4n) is 4.59. The average molecular weight is 501 g/mol. The van der Waals surface area contributed by atoms with Crippen LogP contribution in [0.25, 0.3) is 5.76 Å². The lowest BCUT2D eigenvalue weighted by molar-refractivity contribution is -0.140. The number of carbonyl (C=O) groups excluding carboxylic acids is 2. The van der Waals surface area contributed by atoms with Gasteiger partial charge in [-0.05, 0) is 61.4 Å². The van der Waals surface area contributed by atoms with Gasteiger partial charge in [-0.25, -0.2) is 0 Å².